The predicted octanol–water partition coefficient (Wildman–Crippen LogP) is 2.88. The smallest absolute Gasteiger partial charge is 0.274 e. The minimum atomic E-state index is -3.83. The van der Waals surface area contributed by atoms with Crippen LogP contribution >= 0.6 is 22.9 Å². The highest BCUT2D eigenvalue weighted by Crippen LogP contribution is 2.38. The summed E-state index contributed by atoms with van der Waals surface area (Å²) in [6.45, 7) is 2.35. The maximum atomic E-state index is 13.0. The quantitative estimate of drug-likeness (QED) is 0.837. The number of carbonyl (C=O) groups is 1. The Morgan fingerprint density at radius 1 is 1.36 bits per heavy atom. The number of benzene rings is 1. The first-order valence-corrected chi connectivity index (χ1v) is 10.4. The minimum Gasteiger partial charge on any atom is -0.476 e. The monoisotopic (exact) mass is 400 g/mol. The highest BCUT2D eigenvalue weighted by molar-refractivity contribution is 7.94. The van der Waals surface area contributed by atoms with Crippen molar-refractivity contribution < 1.29 is 17.9 Å². The molecule has 1 aromatic carbocycles. The summed E-state index contributed by atoms with van der Waals surface area (Å²) < 4.78 is 33.5. The van der Waals surface area contributed by atoms with Crippen molar-refractivity contribution in [1.82, 2.24) is 5.32 Å². The van der Waals surface area contributed by atoms with Gasteiger partial charge in [-0.1, -0.05) is 30.7 Å². The van der Waals surface area contributed by atoms with E-state index in [0.717, 1.165) is 17.8 Å². The SMILES string of the molecule is CCCNC(=O)[C@H]1CN(S(=O)(=O)c2ccc(Cl)s2)c2ccccc2O1. The summed E-state index contributed by atoms with van der Waals surface area (Å²) in [6.07, 6.45) is -0.128. The van der Waals surface area contributed by atoms with Gasteiger partial charge in [0.15, 0.2) is 6.10 Å². The molecule has 6 nitrogen and oxygen atoms in total. The molecule has 1 N–H and O–H groups in total. The van der Waals surface area contributed by atoms with E-state index in [0.29, 0.717) is 22.3 Å². The zero-order valence-corrected chi connectivity index (χ0v) is 15.8. The summed E-state index contributed by atoms with van der Waals surface area (Å²) in [6, 6.07) is 9.77. The van der Waals surface area contributed by atoms with Crippen LogP contribution in [-0.2, 0) is 14.8 Å². The first kappa shape index (κ1) is 18.0. The van der Waals surface area contributed by atoms with Gasteiger partial charge in [0, 0.05) is 6.54 Å². The lowest BCUT2D eigenvalue weighted by Crippen LogP contribution is -2.50. The van der Waals surface area contributed by atoms with Crippen molar-refractivity contribution in [3.63, 3.8) is 0 Å². The number of carbonyl (C=O) groups excluding carboxylic acids is 1. The van der Waals surface area contributed by atoms with Gasteiger partial charge in [-0.3, -0.25) is 9.10 Å². The molecule has 0 bridgehead atoms. The Labute approximate surface area is 155 Å². The number of hydrogen-bond acceptors (Lipinski definition) is 5. The first-order chi connectivity index (χ1) is 11.9. The van der Waals surface area contributed by atoms with Crippen LogP contribution in [0, 0.1) is 0 Å². The molecule has 0 fully saturated rings. The van der Waals surface area contributed by atoms with E-state index in [2.05, 4.69) is 5.32 Å². The minimum absolute atomic E-state index is 0.0928. The Kier molecular flexibility index (Phi) is 5.21. The zero-order chi connectivity index (χ0) is 18.0. The number of para-hydroxylation sites is 2. The third-order valence-electron chi connectivity index (χ3n) is 3.67. The van der Waals surface area contributed by atoms with Crippen LogP contribution in [0.4, 0.5) is 5.69 Å². The summed E-state index contributed by atoms with van der Waals surface area (Å²) in [5, 5.41) is 2.74. The van der Waals surface area contributed by atoms with E-state index in [9.17, 15) is 13.2 Å². The van der Waals surface area contributed by atoms with Crippen LogP contribution in [0.15, 0.2) is 40.6 Å². The topological polar surface area (TPSA) is 75.7 Å². The maximum Gasteiger partial charge on any atom is 0.274 e. The average Bonchev–Trinajstić information content (AvgIpc) is 3.05. The molecule has 1 aromatic heterocycles. The van der Waals surface area contributed by atoms with Gasteiger partial charge in [-0.25, -0.2) is 8.42 Å². The van der Waals surface area contributed by atoms with Gasteiger partial charge < -0.3 is 10.1 Å². The summed E-state index contributed by atoms with van der Waals surface area (Å²) in [4.78, 5) is 12.3. The number of anilines is 1. The highest BCUT2D eigenvalue weighted by Gasteiger charge is 2.37. The lowest BCUT2D eigenvalue weighted by atomic mass is 10.2. The molecule has 134 valence electrons. The zero-order valence-electron chi connectivity index (χ0n) is 13.4. The summed E-state index contributed by atoms with van der Waals surface area (Å²) in [7, 11) is -3.83. The number of ether oxygens (including phenoxy) is 1. The molecule has 25 heavy (non-hydrogen) atoms. The molecule has 3 rings (SSSR count). The first-order valence-electron chi connectivity index (χ1n) is 7.75. The molecule has 2 heterocycles. The molecule has 9 heteroatoms. The van der Waals surface area contributed by atoms with E-state index < -0.39 is 16.1 Å². The van der Waals surface area contributed by atoms with Crippen molar-refractivity contribution in [2.75, 3.05) is 17.4 Å². The number of halogens is 1. The van der Waals surface area contributed by atoms with Crippen molar-refractivity contribution in [2.24, 2.45) is 0 Å². The molecular weight excluding hydrogens is 384 g/mol. The van der Waals surface area contributed by atoms with Gasteiger partial charge in [0.2, 0.25) is 0 Å². The molecule has 0 unspecified atom stereocenters. The van der Waals surface area contributed by atoms with Crippen LogP contribution in [-0.4, -0.2) is 33.5 Å². The fourth-order valence-electron chi connectivity index (χ4n) is 2.47. The highest BCUT2D eigenvalue weighted by atomic mass is 35.5. The van der Waals surface area contributed by atoms with Crippen molar-refractivity contribution in [2.45, 2.75) is 23.7 Å². The molecule has 0 spiro atoms. The van der Waals surface area contributed by atoms with E-state index in [1.54, 1.807) is 24.3 Å². The molecule has 1 atom stereocenters. The lowest BCUT2D eigenvalue weighted by molar-refractivity contribution is -0.127. The molecule has 1 amide bonds. The molecule has 1 aliphatic heterocycles. The molecular formula is C16H17ClN2O4S2. The van der Waals surface area contributed by atoms with Crippen molar-refractivity contribution in [3.8, 4) is 5.75 Å². The van der Waals surface area contributed by atoms with Gasteiger partial charge in [-0.15, -0.1) is 11.3 Å². The molecule has 0 saturated heterocycles. The van der Waals surface area contributed by atoms with Crippen LogP contribution in [0.1, 0.15) is 13.3 Å². The molecule has 0 aliphatic carbocycles. The second kappa shape index (κ2) is 7.23. The number of nitrogens with one attached hydrogen (secondary N) is 1. The molecule has 1 aliphatic rings. The van der Waals surface area contributed by atoms with E-state index in [1.165, 1.54) is 16.4 Å². The van der Waals surface area contributed by atoms with Crippen LogP contribution in [0.5, 0.6) is 5.75 Å². The Hall–Kier alpha value is -1.77. The number of sulfonamides is 1. The van der Waals surface area contributed by atoms with E-state index in [1.807, 2.05) is 6.92 Å². The average molecular weight is 401 g/mol. The normalized spacial score (nSPS) is 16.9. The Balaban J connectivity index is 1.98. The number of thiophene rings is 1. The van der Waals surface area contributed by atoms with Gasteiger partial charge in [0.25, 0.3) is 15.9 Å². The van der Waals surface area contributed by atoms with E-state index in [-0.39, 0.29) is 16.7 Å². The van der Waals surface area contributed by atoms with Gasteiger partial charge >= 0.3 is 0 Å². The van der Waals surface area contributed by atoms with Gasteiger partial charge in [0.05, 0.1) is 16.6 Å². The Morgan fingerprint density at radius 3 is 2.80 bits per heavy atom. The van der Waals surface area contributed by atoms with Crippen LogP contribution in [0.2, 0.25) is 4.34 Å². The largest absolute Gasteiger partial charge is 0.476 e. The second-order valence-electron chi connectivity index (χ2n) is 5.46. The number of fused-ring (bicyclic) bond motifs is 1. The molecule has 0 radical (unpaired) electrons. The number of amides is 1. The standard InChI is InChI=1S/C16H17ClN2O4S2/c1-2-9-18-16(20)13-10-19(11-5-3-4-6-12(11)23-13)25(21,22)15-8-7-14(17)24-15/h3-8,13H,2,9-10H2,1H3,(H,18,20)/t13-/m1/s1. The summed E-state index contributed by atoms with van der Waals surface area (Å²) >= 11 is 6.87. The third kappa shape index (κ3) is 3.61. The van der Waals surface area contributed by atoms with Gasteiger partial charge in [-0.05, 0) is 30.7 Å². The van der Waals surface area contributed by atoms with Crippen LogP contribution in [0.25, 0.3) is 0 Å². The molecule has 2 aromatic rings. The number of hydrogen-bond donors (Lipinski definition) is 1. The second-order valence-corrected chi connectivity index (χ2v) is 9.26. The number of rotatable bonds is 5. The van der Waals surface area contributed by atoms with Crippen molar-refractivity contribution >= 4 is 44.6 Å². The fraction of sp³-hybridized carbons (Fsp3) is 0.312. The van der Waals surface area contributed by atoms with Crippen molar-refractivity contribution in [1.29, 1.82) is 0 Å². The number of nitrogens with zero attached hydrogens (tertiary/aromatic N) is 1. The van der Waals surface area contributed by atoms with E-state index >= 15 is 0 Å². The fourth-order valence-corrected chi connectivity index (χ4v) is 5.55. The molecule has 0 saturated carbocycles. The maximum absolute atomic E-state index is 13.0. The lowest BCUT2D eigenvalue weighted by Gasteiger charge is -2.34. The Bertz CT molecular complexity index is 882. The van der Waals surface area contributed by atoms with Crippen LogP contribution in [0.3, 0.4) is 0 Å². The van der Waals surface area contributed by atoms with Crippen LogP contribution < -0.4 is 14.4 Å². The third-order valence-corrected chi connectivity index (χ3v) is 7.15. The van der Waals surface area contributed by atoms with Gasteiger partial charge in [-0.2, -0.15) is 0 Å². The van der Waals surface area contributed by atoms with E-state index in [4.69, 9.17) is 16.3 Å². The Morgan fingerprint density at radius 2 is 2.12 bits per heavy atom. The summed E-state index contributed by atoms with van der Waals surface area (Å²) in [5.74, 6) is 0.0254. The predicted molar refractivity (Wildman–Crippen MR) is 98.0 cm³/mol. The van der Waals surface area contributed by atoms with Gasteiger partial charge in [0.1, 0.15) is 9.96 Å². The van der Waals surface area contributed by atoms with Crippen molar-refractivity contribution in [3.05, 3.63) is 40.7 Å². The summed E-state index contributed by atoms with van der Waals surface area (Å²) in [5.41, 5.74) is 0.409.